The third-order valence-corrected chi connectivity index (χ3v) is 2.25. The van der Waals surface area contributed by atoms with Crippen LogP contribution in [0.1, 0.15) is 19.8 Å². The van der Waals surface area contributed by atoms with Crippen LogP contribution in [0.25, 0.3) is 0 Å². The molecule has 0 aliphatic carbocycles. The minimum absolute atomic E-state index is 0.0703. The minimum atomic E-state index is -2.63. The van der Waals surface area contributed by atoms with Crippen molar-refractivity contribution in [2.75, 3.05) is 13.7 Å². The van der Waals surface area contributed by atoms with Crippen LogP contribution in [0.4, 0.5) is 13.6 Å². The van der Waals surface area contributed by atoms with Crippen LogP contribution >= 0.6 is 0 Å². The summed E-state index contributed by atoms with van der Waals surface area (Å²) in [6, 6.07) is -0.448. The van der Waals surface area contributed by atoms with E-state index in [0.717, 1.165) is 0 Å². The fourth-order valence-electron chi connectivity index (χ4n) is 1.54. The van der Waals surface area contributed by atoms with Crippen LogP contribution < -0.4 is 0 Å². The number of carbonyl (C=O) groups excluding carboxylic acids is 1. The standard InChI is InChI=1S/C8H13F2NO2/c1-6-5-8(9,10)3-4-11(6)7(12)13-2/h6H,3-5H2,1-2H3. The molecule has 3 nitrogen and oxygen atoms in total. The van der Waals surface area contributed by atoms with Crippen molar-refractivity contribution in [3.05, 3.63) is 0 Å². The van der Waals surface area contributed by atoms with Crippen LogP contribution in [-0.4, -0.2) is 36.6 Å². The Bertz CT molecular complexity index is 208. The largest absolute Gasteiger partial charge is 0.453 e. The molecule has 0 saturated carbocycles. The zero-order valence-corrected chi connectivity index (χ0v) is 7.72. The van der Waals surface area contributed by atoms with Crippen molar-refractivity contribution >= 4 is 6.09 Å². The molecule has 1 unspecified atom stereocenters. The molecule has 0 aromatic heterocycles. The summed E-state index contributed by atoms with van der Waals surface area (Å²) in [5.41, 5.74) is 0. The first kappa shape index (κ1) is 10.2. The molecule has 0 bridgehead atoms. The monoisotopic (exact) mass is 193 g/mol. The number of piperidine rings is 1. The molecule has 0 radical (unpaired) electrons. The van der Waals surface area contributed by atoms with Gasteiger partial charge in [-0.15, -0.1) is 0 Å². The van der Waals surface area contributed by atoms with Gasteiger partial charge in [-0.3, -0.25) is 0 Å². The molecule has 1 aliphatic heterocycles. The highest BCUT2D eigenvalue weighted by molar-refractivity contribution is 5.67. The van der Waals surface area contributed by atoms with Crippen molar-refractivity contribution in [2.24, 2.45) is 0 Å². The molecule has 0 aromatic rings. The number of amides is 1. The molecule has 1 rings (SSSR count). The molecule has 1 amide bonds. The van der Waals surface area contributed by atoms with Crippen molar-refractivity contribution in [3.63, 3.8) is 0 Å². The van der Waals surface area contributed by atoms with E-state index in [1.165, 1.54) is 12.0 Å². The van der Waals surface area contributed by atoms with Gasteiger partial charge in [0, 0.05) is 25.4 Å². The summed E-state index contributed by atoms with van der Waals surface area (Å²) >= 11 is 0. The van der Waals surface area contributed by atoms with Gasteiger partial charge >= 0.3 is 6.09 Å². The Morgan fingerprint density at radius 3 is 2.69 bits per heavy atom. The van der Waals surface area contributed by atoms with Crippen molar-refractivity contribution < 1.29 is 18.3 Å². The van der Waals surface area contributed by atoms with Gasteiger partial charge in [-0.25, -0.2) is 13.6 Å². The number of rotatable bonds is 0. The predicted molar refractivity (Wildman–Crippen MR) is 42.8 cm³/mol. The van der Waals surface area contributed by atoms with Crippen molar-refractivity contribution in [1.29, 1.82) is 0 Å². The molecule has 0 N–H and O–H groups in total. The van der Waals surface area contributed by atoms with E-state index in [0.29, 0.717) is 0 Å². The third-order valence-electron chi connectivity index (χ3n) is 2.25. The highest BCUT2D eigenvalue weighted by atomic mass is 19.3. The van der Waals surface area contributed by atoms with E-state index in [9.17, 15) is 13.6 Å². The zero-order chi connectivity index (χ0) is 10.1. The number of carbonyl (C=O) groups is 1. The summed E-state index contributed by atoms with van der Waals surface area (Å²) < 4.78 is 30.1. The molecule has 1 heterocycles. The van der Waals surface area contributed by atoms with Gasteiger partial charge in [-0.05, 0) is 6.92 Å². The van der Waals surface area contributed by atoms with Gasteiger partial charge in [0.15, 0.2) is 0 Å². The molecule has 1 atom stereocenters. The summed E-state index contributed by atoms with van der Waals surface area (Å²) in [6.07, 6.45) is -1.07. The van der Waals surface area contributed by atoms with Gasteiger partial charge < -0.3 is 9.64 Å². The highest BCUT2D eigenvalue weighted by Crippen LogP contribution is 2.31. The Balaban J connectivity index is 2.58. The summed E-state index contributed by atoms with van der Waals surface area (Å²) in [5.74, 6) is -2.63. The summed E-state index contributed by atoms with van der Waals surface area (Å²) in [7, 11) is 1.25. The maximum Gasteiger partial charge on any atom is 0.409 e. The molecule has 1 aliphatic rings. The van der Waals surface area contributed by atoms with E-state index in [1.807, 2.05) is 0 Å². The van der Waals surface area contributed by atoms with E-state index < -0.39 is 18.1 Å². The van der Waals surface area contributed by atoms with E-state index in [1.54, 1.807) is 6.92 Å². The van der Waals surface area contributed by atoms with Gasteiger partial charge in [-0.2, -0.15) is 0 Å². The van der Waals surface area contributed by atoms with Crippen molar-refractivity contribution in [2.45, 2.75) is 31.7 Å². The fraction of sp³-hybridized carbons (Fsp3) is 0.875. The van der Waals surface area contributed by atoms with E-state index in [2.05, 4.69) is 4.74 Å². The summed E-state index contributed by atoms with van der Waals surface area (Å²) in [5, 5.41) is 0. The first-order chi connectivity index (χ1) is 5.96. The number of hydrogen-bond acceptors (Lipinski definition) is 2. The molecule has 76 valence electrons. The van der Waals surface area contributed by atoms with Crippen LogP contribution in [0.2, 0.25) is 0 Å². The first-order valence-electron chi connectivity index (χ1n) is 4.19. The summed E-state index contributed by atoms with van der Waals surface area (Å²) in [6.45, 7) is 1.67. The van der Waals surface area contributed by atoms with Crippen LogP contribution in [0, 0.1) is 0 Å². The summed E-state index contributed by atoms with van der Waals surface area (Å²) in [4.78, 5) is 12.4. The van der Waals surface area contributed by atoms with Gasteiger partial charge in [0.25, 0.3) is 5.92 Å². The molecule has 1 fully saturated rings. The Morgan fingerprint density at radius 2 is 2.23 bits per heavy atom. The molecule has 1 saturated heterocycles. The van der Waals surface area contributed by atoms with E-state index in [-0.39, 0.29) is 19.4 Å². The molecular formula is C8H13F2NO2. The number of halogens is 2. The van der Waals surface area contributed by atoms with Crippen LogP contribution in [-0.2, 0) is 4.74 Å². The fourth-order valence-corrected chi connectivity index (χ4v) is 1.54. The molecule has 13 heavy (non-hydrogen) atoms. The lowest BCUT2D eigenvalue weighted by Gasteiger charge is -2.36. The quantitative estimate of drug-likeness (QED) is 0.587. The lowest BCUT2D eigenvalue weighted by Crippen LogP contribution is -2.48. The zero-order valence-electron chi connectivity index (χ0n) is 7.72. The average molecular weight is 193 g/mol. The normalized spacial score (nSPS) is 27.1. The third kappa shape index (κ3) is 2.29. The number of hydrogen-bond donors (Lipinski definition) is 0. The molecular weight excluding hydrogens is 180 g/mol. The van der Waals surface area contributed by atoms with Gasteiger partial charge in [0.05, 0.1) is 7.11 Å². The van der Waals surface area contributed by atoms with E-state index >= 15 is 0 Å². The highest BCUT2D eigenvalue weighted by Gasteiger charge is 2.40. The van der Waals surface area contributed by atoms with Gasteiger partial charge in [0.1, 0.15) is 0 Å². The second kappa shape index (κ2) is 3.47. The Labute approximate surface area is 75.7 Å². The number of nitrogens with zero attached hydrogens (tertiary/aromatic N) is 1. The molecule has 5 heteroatoms. The van der Waals surface area contributed by atoms with Crippen LogP contribution in [0.5, 0.6) is 0 Å². The number of alkyl halides is 2. The maximum atomic E-state index is 12.8. The average Bonchev–Trinajstić information content (AvgIpc) is 2.01. The topological polar surface area (TPSA) is 29.5 Å². The molecule has 0 spiro atoms. The Morgan fingerprint density at radius 1 is 1.62 bits per heavy atom. The van der Waals surface area contributed by atoms with Gasteiger partial charge in [-0.1, -0.05) is 0 Å². The lowest BCUT2D eigenvalue weighted by atomic mass is 10.0. The predicted octanol–water partition coefficient (Wildman–Crippen LogP) is 1.87. The first-order valence-corrected chi connectivity index (χ1v) is 4.19. The van der Waals surface area contributed by atoms with Crippen molar-refractivity contribution in [1.82, 2.24) is 4.90 Å². The van der Waals surface area contributed by atoms with Crippen molar-refractivity contribution in [3.8, 4) is 0 Å². The number of methoxy groups -OCH3 is 1. The van der Waals surface area contributed by atoms with E-state index in [4.69, 9.17) is 0 Å². The SMILES string of the molecule is COC(=O)N1CCC(F)(F)CC1C. The molecule has 0 aromatic carbocycles. The smallest absolute Gasteiger partial charge is 0.409 e. The number of ether oxygens (including phenoxy) is 1. The van der Waals surface area contributed by atoms with Gasteiger partial charge in [0.2, 0.25) is 0 Å². The number of likely N-dealkylation sites (tertiary alicyclic amines) is 1. The minimum Gasteiger partial charge on any atom is -0.453 e. The Hall–Kier alpha value is -0.870. The Kier molecular flexibility index (Phi) is 2.73. The maximum absolute atomic E-state index is 12.8. The van der Waals surface area contributed by atoms with Crippen LogP contribution in [0.15, 0.2) is 0 Å². The lowest BCUT2D eigenvalue weighted by molar-refractivity contribution is -0.0691. The second-order valence-corrected chi connectivity index (χ2v) is 3.32. The second-order valence-electron chi connectivity index (χ2n) is 3.32. The van der Waals surface area contributed by atoms with Crippen LogP contribution in [0.3, 0.4) is 0 Å².